The summed E-state index contributed by atoms with van der Waals surface area (Å²) in [4.78, 5) is 33.0. The highest BCUT2D eigenvalue weighted by Gasteiger charge is 2.31. The number of aromatic nitrogens is 1. The molecule has 1 aliphatic carbocycles. The van der Waals surface area contributed by atoms with Gasteiger partial charge in [-0.2, -0.15) is 0 Å². The van der Waals surface area contributed by atoms with E-state index in [1.54, 1.807) is 24.9 Å². The maximum Gasteiger partial charge on any atom is 0.308 e. The van der Waals surface area contributed by atoms with E-state index in [1.807, 2.05) is 25.1 Å². The van der Waals surface area contributed by atoms with Gasteiger partial charge >= 0.3 is 5.91 Å². The van der Waals surface area contributed by atoms with Gasteiger partial charge in [-0.3, -0.25) is 9.59 Å². The van der Waals surface area contributed by atoms with Gasteiger partial charge in [0.05, 0.1) is 11.8 Å². The van der Waals surface area contributed by atoms with Gasteiger partial charge in [0.1, 0.15) is 17.3 Å². The first kappa shape index (κ1) is 19.7. The van der Waals surface area contributed by atoms with E-state index in [0.29, 0.717) is 29.5 Å². The number of nitrogens with zero attached hydrogens (tertiary/aromatic N) is 3. The predicted molar refractivity (Wildman–Crippen MR) is 118 cm³/mol. The summed E-state index contributed by atoms with van der Waals surface area (Å²) in [5.74, 6) is 5.69. The molecule has 0 unspecified atom stereocenters. The standard InChI is InChI=1S/C22H20IN3O3/c1-4-5-20(27)26(19-9-6-14-12-25(3)22(28)21(14)24-19)17-10-13(2)16(23)11-18(17)29-15-7-8-15/h6,9-11,15H,7-8,12H2,1-3H3. The van der Waals surface area contributed by atoms with Crippen molar-refractivity contribution in [1.29, 1.82) is 0 Å². The third-order valence-corrected chi connectivity index (χ3v) is 6.05. The van der Waals surface area contributed by atoms with Crippen molar-refractivity contribution in [3.05, 3.63) is 44.7 Å². The van der Waals surface area contributed by atoms with Crippen LogP contribution in [0.5, 0.6) is 5.75 Å². The quantitative estimate of drug-likeness (QED) is 0.473. The minimum atomic E-state index is -0.417. The number of benzene rings is 1. The second kappa shape index (κ2) is 7.67. The van der Waals surface area contributed by atoms with Crippen molar-refractivity contribution >= 4 is 45.9 Å². The normalized spacial score (nSPS) is 14.9. The fourth-order valence-electron chi connectivity index (χ4n) is 3.21. The van der Waals surface area contributed by atoms with E-state index in [1.165, 1.54) is 4.90 Å². The van der Waals surface area contributed by atoms with Crippen LogP contribution in [0, 0.1) is 22.3 Å². The Hall–Kier alpha value is -2.60. The summed E-state index contributed by atoms with van der Waals surface area (Å²) in [6.45, 7) is 4.11. The minimum absolute atomic E-state index is 0.149. The van der Waals surface area contributed by atoms with Crippen LogP contribution in [0.2, 0.25) is 0 Å². The van der Waals surface area contributed by atoms with Crippen LogP contribution in [0.3, 0.4) is 0 Å². The highest BCUT2D eigenvalue weighted by atomic mass is 127. The molecule has 1 fully saturated rings. The molecule has 1 aromatic heterocycles. The molecular formula is C22H20IN3O3. The third kappa shape index (κ3) is 3.81. The lowest BCUT2D eigenvalue weighted by atomic mass is 10.1. The molecule has 148 valence electrons. The van der Waals surface area contributed by atoms with E-state index in [4.69, 9.17) is 4.74 Å². The Morgan fingerprint density at radius 1 is 1.34 bits per heavy atom. The molecule has 2 aromatic rings. The van der Waals surface area contributed by atoms with E-state index in [9.17, 15) is 9.59 Å². The van der Waals surface area contributed by atoms with Gasteiger partial charge in [-0.1, -0.05) is 12.0 Å². The lowest BCUT2D eigenvalue weighted by molar-refractivity contribution is -0.112. The highest BCUT2D eigenvalue weighted by molar-refractivity contribution is 14.1. The predicted octanol–water partition coefficient (Wildman–Crippen LogP) is 3.81. The Morgan fingerprint density at radius 3 is 2.79 bits per heavy atom. The van der Waals surface area contributed by atoms with Crippen molar-refractivity contribution in [3.63, 3.8) is 0 Å². The molecule has 2 amide bonds. The maximum absolute atomic E-state index is 13.0. The van der Waals surface area contributed by atoms with Gasteiger partial charge in [0.2, 0.25) is 0 Å². The van der Waals surface area contributed by atoms with E-state index in [-0.39, 0.29) is 12.0 Å². The zero-order valence-corrected chi connectivity index (χ0v) is 18.6. The summed E-state index contributed by atoms with van der Waals surface area (Å²) < 4.78 is 7.15. The van der Waals surface area contributed by atoms with E-state index < -0.39 is 5.91 Å². The van der Waals surface area contributed by atoms with Crippen LogP contribution in [0.25, 0.3) is 0 Å². The zero-order chi connectivity index (χ0) is 20.7. The van der Waals surface area contributed by atoms with Gasteiger partial charge in [-0.15, -0.1) is 0 Å². The number of carbonyl (C=O) groups excluding carboxylic acids is 2. The summed E-state index contributed by atoms with van der Waals surface area (Å²) in [6.07, 6.45) is 2.18. The maximum atomic E-state index is 13.0. The molecule has 4 rings (SSSR count). The topological polar surface area (TPSA) is 62.7 Å². The summed E-state index contributed by atoms with van der Waals surface area (Å²) >= 11 is 2.26. The molecule has 7 heteroatoms. The van der Waals surface area contributed by atoms with E-state index in [0.717, 1.165) is 27.5 Å². The van der Waals surface area contributed by atoms with Crippen LogP contribution in [0.15, 0.2) is 24.3 Å². The Bertz CT molecular complexity index is 1080. The SMILES string of the molecule is CC#CC(=O)N(c1ccc2c(n1)C(=O)N(C)C2)c1cc(C)c(I)cc1OC1CC1. The Morgan fingerprint density at radius 2 is 2.10 bits per heavy atom. The molecule has 29 heavy (non-hydrogen) atoms. The van der Waals surface area contributed by atoms with Crippen molar-refractivity contribution in [3.8, 4) is 17.6 Å². The molecule has 0 saturated heterocycles. The van der Waals surface area contributed by atoms with Crippen molar-refractivity contribution in [2.24, 2.45) is 0 Å². The van der Waals surface area contributed by atoms with Crippen LogP contribution in [-0.2, 0) is 11.3 Å². The van der Waals surface area contributed by atoms with Gasteiger partial charge in [0, 0.05) is 22.7 Å². The summed E-state index contributed by atoms with van der Waals surface area (Å²) in [5.41, 5.74) is 2.83. The smallest absolute Gasteiger partial charge is 0.308 e. The van der Waals surface area contributed by atoms with Gasteiger partial charge < -0.3 is 9.64 Å². The molecule has 2 aliphatic rings. The van der Waals surface area contributed by atoms with Gasteiger partial charge in [-0.25, -0.2) is 9.88 Å². The van der Waals surface area contributed by atoms with Gasteiger partial charge in [-0.05, 0) is 79.0 Å². The second-order valence-electron chi connectivity index (χ2n) is 7.24. The van der Waals surface area contributed by atoms with E-state index >= 15 is 0 Å². The lowest BCUT2D eigenvalue weighted by Crippen LogP contribution is -2.27. The number of ether oxygens (including phenoxy) is 1. The van der Waals surface area contributed by atoms with Crippen LogP contribution in [0.4, 0.5) is 11.5 Å². The number of rotatable bonds is 4. The third-order valence-electron chi connectivity index (χ3n) is 4.88. The molecule has 1 aromatic carbocycles. The second-order valence-corrected chi connectivity index (χ2v) is 8.40. The molecule has 0 spiro atoms. The van der Waals surface area contributed by atoms with Gasteiger partial charge in [0.15, 0.2) is 0 Å². The fourth-order valence-corrected chi connectivity index (χ4v) is 3.64. The molecule has 2 heterocycles. The lowest BCUT2D eigenvalue weighted by Gasteiger charge is -2.24. The van der Waals surface area contributed by atoms with E-state index in [2.05, 4.69) is 39.4 Å². The minimum Gasteiger partial charge on any atom is -0.488 e. The highest BCUT2D eigenvalue weighted by Crippen LogP contribution is 2.40. The number of carbonyl (C=O) groups is 2. The van der Waals surface area contributed by atoms with Crippen molar-refractivity contribution < 1.29 is 14.3 Å². The molecule has 0 atom stereocenters. The van der Waals surface area contributed by atoms with Crippen molar-refractivity contribution in [2.45, 2.75) is 39.3 Å². The molecule has 0 N–H and O–H groups in total. The first-order valence-electron chi connectivity index (χ1n) is 9.38. The molecule has 6 nitrogen and oxygen atoms in total. The average Bonchev–Trinajstić information content (AvgIpc) is 3.45. The van der Waals surface area contributed by atoms with Gasteiger partial charge in [0.25, 0.3) is 5.91 Å². The average molecular weight is 501 g/mol. The first-order chi connectivity index (χ1) is 13.9. The number of aryl methyl sites for hydroxylation is 1. The number of amides is 2. The first-order valence-corrected chi connectivity index (χ1v) is 10.5. The van der Waals surface area contributed by atoms with Crippen LogP contribution in [-0.4, -0.2) is 34.8 Å². The number of halogens is 1. The molecular weight excluding hydrogens is 481 g/mol. The Labute approximate surface area is 183 Å². The zero-order valence-electron chi connectivity index (χ0n) is 16.5. The largest absolute Gasteiger partial charge is 0.488 e. The molecule has 0 bridgehead atoms. The summed E-state index contributed by atoms with van der Waals surface area (Å²) in [5, 5.41) is 0. The number of anilines is 2. The monoisotopic (exact) mass is 501 g/mol. The van der Waals surface area contributed by atoms with Crippen LogP contribution in [0.1, 0.15) is 41.4 Å². The number of fused-ring (bicyclic) bond motifs is 1. The number of hydrogen-bond acceptors (Lipinski definition) is 4. The Balaban J connectivity index is 1.86. The van der Waals surface area contributed by atoms with Crippen LogP contribution >= 0.6 is 22.6 Å². The van der Waals surface area contributed by atoms with Crippen molar-refractivity contribution in [1.82, 2.24) is 9.88 Å². The van der Waals surface area contributed by atoms with Crippen molar-refractivity contribution in [2.75, 3.05) is 11.9 Å². The fraction of sp³-hybridized carbons (Fsp3) is 0.318. The summed E-state index contributed by atoms with van der Waals surface area (Å²) in [6, 6.07) is 7.46. The van der Waals surface area contributed by atoms with Crippen LogP contribution < -0.4 is 9.64 Å². The molecule has 1 saturated carbocycles. The summed E-state index contributed by atoms with van der Waals surface area (Å²) in [7, 11) is 1.74. The number of hydrogen-bond donors (Lipinski definition) is 0. The number of pyridine rings is 1. The Kier molecular flexibility index (Phi) is 5.21. The molecule has 0 radical (unpaired) electrons. The molecule has 1 aliphatic heterocycles.